The van der Waals surface area contributed by atoms with Crippen molar-refractivity contribution in [1.29, 1.82) is 5.26 Å². The number of hydrogen-bond donors (Lipinski definition) is 1. The Morgan fingerprint density at radius 2 is 1.91 bits per heavy atom. The van der Waals surface area contributed by atoms with Gasteiger partial charge in [0.2, 0.25) is 15.0 Å². The molecule has 0 bridgehead atoms. The Morgan fingerprint density at radius 3 is 2.53 bits per heavy atom. The lowest BCUT2D eigenvalue weighted by Gasteiger charge is -2.09. The molecule has 1 N–H and O–H groups in total. The molecule has 0 aliphatic heterocycles. The molecule has 3 rings (SSSR count). The first-order valence-corrected chi connectivity index (χ1v) is 13.6. The van der Waals surface area contributed by atoms with Crippen molar-refractivity contribution in [2.45, 2.75) is 17.0 Å². The predicted molar refractivity (Wildman–Crippen MR) is 126 cm³/mol. The van der Waals surface area contributed by atoms with Gasteiger partial charge in [0, 0.05) is 11.5 Å². The lowest BCUT2D eigenvalue weighted by atomic mass is 10.1. The second-order valence-electron chi connectivity index (χ2n) is 6.45. The maximum Gasteiger partial charge on any atom is 0.339 e. The number of halogens is 1. The minimum Gasteiger partial charge on any atom is -0.377 e. The third kappa shape index (κ3) is 5.97. The molecule has 0 spiro atoms. The number of amides is 1. The zero-order valence-corrected chi connectivity index (χ0v) is 20.5. The maximum atomic E-state index is 12.4. The number of anilines is 1. The molecule has 2 aromatic carbocycles. The van der Waals surface area contributed by atoms with Crippen molar-refractivity contribution in [3.8, 4) is 11.8 Å². The number of rotatable bonds is 8. The molecule has 14 heteroatoms. The Balaban J connectivity index is 1.78. The summed E-state index contributed by atoms with van der Waals surface area (Å²) in [6, 6.07) is 13.2. The number of sulfone groups is 1. The molecule has 0 aliphatic rings. The van der Waals surface area contributed by atoms with Gasteiger partial charge in [-0.3, -0.25) is 10.1 Å². The highest BCUT2D eigenvalue weighted by Gasteiger charge is 2.21. The van der Waals surface area contributed by atoms with Crippen LogP contribution < -0.4 is 9.50 Å². The van der Waals surface area contributed by atoms with Gasteiger partial charge in [-0.2, -0.15) is 23.0 Å². The summed E-state index contributed by atoms with van der Waals surface area (Å²) in [6.07, 6.45) is 1.21. The molecule has 0 fully saturated rings. The first-order valence-electron chi connectivity index (χ1n) is 9.34. The summed E-state index contributed by atoms with van der Waals surface area (Å²) in [5.41, 5.74) is -0.0237. The first-order chi connectivity index (χ1) is 16.1. The van der Waals surface area contributed by atoms with Crippen LogP contribution in [0.5, 0.6) is 5.75 Å². The number of carbonyl (C=O) groups is 1. The molecule has 10 nitrogen and oxygen atoms in total. The molecule has 0 unspecified atom stereocenters. The highest BCUT2D eigenvalue weighted by molar-refractivity contribution is 7.91. The van der Waals surface area contributed by atoms with Crippen LogP contribution in [0.4, 0.5) is 5.13 Å². The Labute approximate surface area is 204 Å². The Bertz CT molecular complexity index is 1510. The molecule has 1 amide bonds. The molecule has 1 aromatic heterocycles. The molecule has 0 saturated carbocycles. The number of nitrogens with zero attached hydrogens (tertiary/aromatic N) is 3. The molecule has 3 aromatic rings. The van der Waals surface area contributed by atoms with Crippen molar-refractivity contribution in [2.24, 2.45) is 0 Å². The minimum absolute atomic E-state index is 0.0509. The van der Waals surface area contributed by atoms with E-state index in [0.717, 1.165) is 0 Å². The van der Waals surface area contributed by atoms with Gasteiger partial charge in [0.1, 0.15) is 16.5 Å². The van der Waals surface area contributed by atoms with Crippen LogP contribution in [0.15, 0.2) is 64.2 Å². The van der Waals surface area contributed by atoms with Gasteiger partial charge in [-0.05, 0) is 35.9 Å². The summed E-state index contributed by atoms with van der Waals surface area (Å²) in [7, 11) is -7.75. The number of hydrogen-bond acceptors (Lipinski definition) is 10. The van der Waals surface area contributed by atoms with Crippen LogP contribution in [0, 0.1) is 11.3 Å². The number of nitrogens with one attached hydrogen (secondary N) is 1. The smallest absolute Gasteiger partial charge is 0.339 e. The van der Waals surface area contributed by atoms with Gasteiger partial charge in [0.15, 0.2) is 5.75 Å². The van der Waals surface area contributed by atoms with Gasteiger partial charge in [0.05, 0.1) is 10.8 Å². The second kappa shape index (κ2) is 10.3. The van der Waals surface area contributed by atoms with E-state index in [1.165, 1.54) is 43.3 Å². The van der Waals surface area contributed by atoms with Gasteiger partial charge in [0.25, 0.3) is 11.1 Å². The van der Waals surface area contributed by atoms with Crippen molar-refractivity contribution >= 4 is 60.2 Å². The third-order valence-corrected chi connectivity index (χ3v) is 7.94. The summed E-state index contributed by atoms with van der Waals surface area (Å²) in [5, 5.41) is 11.1. The molecule has 176 valence electrons. The molecule has 0 saturated heterocycles. The highest BCUT2D eigenvalue weighted by Crippen LogP contribution is 2.29. The zero-order chi connectivity index (χ0) is 24.9. The molecule has 34 heavy (non-hydrogen) atoms. The van der Waals surface area contributed by atoms with E-state index in [1.54, 1.807) is 24.3 Å². The molecule has 0 atom stereocenters. The fourth-order valence-corrected chi connectivity index (χ4v) is 5.25. The molecule has 0 radical (unpaired) electrons. The molecular weight excluding hydrogens is 524 g/mol. The van der Waals surface area contributed by atoms with Gasteiger partial charge < -0.3 is 4.18 Å². The van der Waals surface area contributed by atoms with E-state index < -0.39 is 31.0 Å². The highest BCUT2D eigenvalue weighted by atomic mass is 35.5. The van der Waals surface area contributed by atoms with E-state index in [0.29, 0.717) is 17.1 Å². The van der Waals surface area contributed by atoms with Gasteiger partial charge in [-0.1, -0.05) is 42.8 Å². The van der Waals surface area contributed by atoms with Crippen LogP contribution in [-0.4, -0.2) is 37.9 Å². The van der Waals surface area contributed by atoms with E-state index >= 15 is 0 Å². The SMILES string of the molecule is CCS(=O)(=O)c1nsc(NC(=O)/C(C#N)=C\c2ccc(OS(=O)(=O)c3ccccc3)c(Cl)c2)n1. The summed E-state index contributed by atoms with van der Waals surface area (Å²) in [6.45, 7) is 1.43. The number of benzene rings is 2. The zero-order valence-electron chi connectivity index (χ0n) is 17.3. The average Bonchev–Trinajstić information content (AvgIpc) is 3.29. The third-order valence-electron chi connectivity index (χ3n) is 4.15. The lowest BCUT2D eigenvalue weighted by Crippen LogP contribution is -2.14. The van der Waals surface area contributed by atoms with Crippen molar-refractivity contribution < 1.29 is 25.8 Å². The second-order valence-corrected chi connectivity index (χ2v) is 11.3. The van der Waals surface area contributed by atoms with Crippen LogP contribution in [-0.2, 0) is 24.7 Å². The van der Waals surface area contributed by atoms with E-state index in [2.05, 4.69) is 14.7 Å². The number of carbonyl (C=O) groups excluding carboxylic acids is 1. The Morgan fingerprint density at radius 1 is 1.21 bits per heavy atom. The maximum absolute atomic E-state index is 12.4. The minimum atomic E-state index is -4.11. The van der Waals surface area contributed by atoms with Crippen molar-refractivity contribution in [2.75, 3.05) is 11.1 Å². The standard InChI is InChI=1S/C20H15ClN4O6S3/c1-2-33(27,28)20-24-19(32-25-20)23-18(26)14(12-22)10-13-8-9-17(16(21)11-13)31-34(29,30)15-6-4-3-5-7-15/h3-11H,2H2,1H3,(H,23,24,25,26)/b14-10-. The van der Waals surface area contributed by atoms with Gasteiger partial charge in [-0.25, -0.2) is 8.42 Å². The van der Waals surface area contributed by atoms with E-state index in [1.807, 2.05) is 0 Å². The van der Waals surface area contributed by atoms with E-state index in [4.69, 9.17) is 15.8 Å². The Hall–Kier alpha value is -3.31. The molecule has 0 aliphatic carbocycles. The predicted octanol–water partition coefficient (Wildman–Crippen LogP) is 3.30. The summed E-state index contributed by atoms with van der Waals surface area (Å²) in [5.74, 6) is -1.18. The fraction of sp³-hybridized carbons (Fsp3) is 0.100. The van der Waals surface area contributed by atoms with Crippen molar-refractivity contribution in [3.63, 3.8) is 0 Å². The molecule has 1 heterocycles. The van der Waals surface area contributed by atoms with E-state index in [9.17, 15) is 26.9 Å². The topological polar surface area (TPSA) is 156 Å². The quantitative estimate of drug-likeness (QED) is 0.258. The number of nitriles is 1. The van der Waals surface area contributed by atoms with Crippen LogP contribution in [0.3, 0.4) is 0 Å². The summed E-state index contributed by atoms with van der Waals surface area (Å²) in [4.78, 5) is 16.1. The van der Waals surface area contributed by atoms with Crippen LogP contribution >= 0.6 is 23.1 Å². The van der Waals surface area contributed by atoms with Crippen LogP contribution in [0.2, 0.25) is 5.02 Å². The van der Waals surface area contributed by atoms with Gasteiger partial charge >= 0.3 is 10.1 Å². The monoisotopic (exact) mass is 538 g/mol. The largest absolute Gasteiger partial charge is 0.377 e. The van der Waals surface area contributed by atoms with Crippen molar-refractivity contribution in [3.05, 3.63) is 64.7 Å². The summed E-state index contributed by atoms with van der Waals surface area (Å²) < 4.78 is 57.1. The van der Waals surface area contributed by atoms with Crippen LogP contribution in [0.1, 0.15) is 12.5 Å². The fourth-order valence-electron chi connectivity index (χ4n) is 2.42. The van der Waals surface area contributed by atoms with Crippen LogP contribution in [0.25, 0.3) is 6.08 Å². The Kier molecular flexibility index (Phi) is 7.68. The average molecular weight is 539 g/mol. The summed E-state index contributed by atoms with van der Waals surface area (Å²) >= 11 is 6.80. The van der Waals surface area contributed by atoms with Gasteiger partial charge in [-0.15, -0.1) is 0 Å². The normalized spacial score (nSPS) is 12.1. The van der Waals surface area contributed by atoms with Crippen molar-refractivity contribution in [1.82, 2.24) is 9.36 Å². The number of aromatic nitrogens is 2. The first kappa shape index (κ1) is 25.3. The molecular formula is C20H15ClN4O6S3. The van der Waals surface area contributed by atoms with E-state index in [-0.39, 0.29) is 32.1 Å². The lowest BCUT2D eigenvalue weighted by molar-refractivity contribution is -0.112.